The van der Waals surface area contributed by atoms with Crippen LogP contribution in [-0.4, -0.2) is 45.7 Å². The predicted molar refractivity (Wildman–Crippen MR) is 118 cm³/mol. The second-order valence-corrected chi connectivity index (χ2v) is 9.05. The highest BCUT2D eigenvalue weighted by Crippen LogP contribution is 2.31. The van der Waals surface area contributed by atoms with Gasteiger partial charge in [-0.3, -0.25) is 14.7 Å². The van der Waals surface area contributed by atoms with E-state index >= 15 is 0 Å². The Labute approximate surface area is 173 Å². The molecule has 0 aliphatic carbocycles. The molecule has 156 valence electrons. The minimum atomic E-state index is -0.453. The van der Waals surface area contributed by atoms with Crippen molar-refractivity contribution in [3.8, 4) is 0 Å². The molecule has 2 N–H and O–H groups in total. The van der Waals surface area contributed by atoms with Gasteiger partial charge in [0.1, 0.15) is 0 Å². The van der Waals surface area contributed by atoms with E-state index in [2.05, 4.69) is 41.1 Å². The van der Waals surface area contributed by atoms with Crippen LogP contribution < -0.4 is 0 Å². The molecule has 1 aliphatic heterocycles. The van der Waals surface area contributed by atoms with Crippen LogP contribution in [0.3, 0.4) is 0 Å². The molecule has 3 rings (SSSR count). The zero-order valence-corrected chi connectivity index (χ0v) is 18.2. The smallest absolute Gasteiger partial charge is 0.171 e. The van der Waals surface area contributed by atoms with Gasteiger partial charge < -0.3 is 10.1 Å². The summed E-state index contributed by atoms with van der Waals surface area (Å²) < 4.78 is 0. The molecule has 29 heavy (non-hydrogen) atoms. The molecular formula is C24H33N3O2. The minimum Gasteiger partial charge on any atom is -0.392 e. The number of hydrogen-bond acceptors (Lipinski definition) is 4. The Balaban J connectivity index is 1.91. The maximum absolute atomic E-state index is 12.9. The molecule has 2 aromatic rings. The van der Waals surface area contributed by atoms with Gasteiger partial charge in [0.05, 0.1) is 17.4 Å². The molecular weight excluding hydrogens is 362 g/mol. The van der Waals surface area contributed by atoms with E-state index < -0.39 is 5.41 Å². The summed E-state index contributed by atoms with van der Waals surface area (Å²) in [6.07, 6.45) is 3.20. The fourth-order valence-corrected chi connectivity index (χ4v) is 3.79. The summed E-state index contributed by atoms with van der Waals surface area (Å²) in [6, 6.07) is 8.45. The molecule has 0 radical (unpaired) electrons. The van der Waals surface area contributed by atoms with Crippen LogP contribution in [0.5, 0.6) is 0 Å². The number of nitrogens with one attached hydrogen (secondary N) is 1. The van der Waals surface area contributed by atoms with Gasteiger partial charge in [0, 0.05) is 42.7 Å². The van der Waals surface area contributed by atoms with Crippen LogP contribution in [0.2, 0.25) is 0 Å². The van der Waals surface area contributed by atoms with Crippen LogP contribution in [-0.2, 0) is 6.54 Å². The Morgan fingerprint density at radius 1 is 1.34 bits per heavy atom. The van der Waals surface area contributed by atoms with Gasteiger partial charge in [-0.05, 0) is 37.0 Å². The zero-order valence-electron chi connectivity index (χ0n) is 18.2. The number of hydrogen-bond donors (Lipinski definition) is 2. The van der Waals surface area contributed by atoms with E-state index in [4.69, 9.17) is 4.99 Å². The van der Waals surface area contributed by atoms with E-state index in [0.29, 0.717) is 5.56 Å². The van der Waals surface area contributed by atoms with Crippen molar-refractivity contribution in [1.29, 1.82) is 0 Å². The number of aromatic nitrogens is 1. The molecule has 2 heterocycles. The lowest BCUT2D eigenvalue weighted by Crippen LogP contribution is -2.21. The monoisotopic (exact) mass is 395 g/mol. The largest absolute Gasteiger partial charge is 0.392 e. The highest BCUT2D eigenvalue weighted by molar-refractivity contribution is 6.07. The van der Waals surface area contributed by atoms with Gasteiger partial charge in [-0.1, -0.05) is 45.9 Å². The molecule has 1 aromatic heterocycles. The topological polar surface area (TPSA) is 68.7 Å². The Morgan fingerprint density at radius 2 is 2.10 bits per heavy atom. The average molecular weight is 396 g/mol. The van der Waals surface area contributed by atoms with Gasteiger partial charge in [-0.25, -0.2) is 0 Å². The van der Waals surface area contributed by atoms with E-state index in [1.165, 1.54) is 5.56 Å². The third-order valence-corrected chi connectivity index (χ3v) is 5.46. The molecule has 0 amide bonds. The zero-order chi connectivity index (χ0) is 21.2. The second-order valence-electron chi connectivity index (χ2n) is 9.05. The number of rotatable bonds is 6. The Kier molecular flexibility index (Phi) is 6.39. The van der Waals surface area contributed by atoms with Gasteiger partial charge >= 0.3 is 0 Å². The van der Waals surface area contributed by atoms with Crippen molar-refractivity contribution in [3.63, 3.8) is 0 Å². The Bertz CT molecular complexity index is 905. The fourth-order valence-electron chi connectivity index (χ4n) is 3.79. The van der Waals surface area contributed by atoms with E-state index in [-0.39, 0.29) is 11.9 Å². The lowest BCUT2D eigenvalue weighted by Gasteiger charge is -2.17. The molecule has 1 fully saturated rings. The summed E-state index contributed by atoms with van der Waals surface area (Å²) in [5.41, 5.74) is 5.13. The van der Waals surface area contributed by atoms with Crippen LogP contribution in [0, 0.1) is 12.3 Å². The first kappa shape index (κ1) is 21.5. The number of H-pyrrole nitrogens is 1. The summed E-state index contributed by atoms with van der Waals surface area (Å²) >= 11 is 0. The van der Waals surface area contributed by atoms with Crippen molar-refractivity contribution < 1.29 is 9.90 Å². The minimum absolute atomic E-state index is 0.0948. The van der Waals surface area contributed by atoms with Crippen LogP contribution in [0.1, 0.15) is 67.7 Å². The van der Waals surface area contributed by atoms with Crippen LogP contribution >= 0.6 is 0 Å². The lowest BCUT2D eigenvalue weighted by atomic mass is 9.87. The Hall–Kier alpha value is -2.24. The molecule has 5 heteroatoms. The van der Waals surface area contributed by atoms with E-state index in [0.717, 1.165) is 55.1 Å². The standard InChI is InChI=1S/C24H33N3O2/c1-6-21(26-22-16(2)25-13-20(22)23(29)24(3,4)5)18-9-7-8-17(12-18)14-27-11-10-19(28)15-27/h7-9,12-13,19,25,28H,6,10-11,14-15H2,1-5H3. The van der Waals surface area contributed by atoms with E-state index in [1.807, 2.05) is 27.7 Å². The van der Waals surface area contributed by atoms with E-state index in [9.17, 15) is 9.90 Å². The summed E-state index contributed by atoms with van der Waals surface area (Å²) in [6.45, 7) is 12.4. The number of carbonyl (C=O) groups excluding carboxylic acids is 1. The first-order chi connectivity index (χ1) is 13.7. The molecule has 0 saturated carbocycles. The first-order valence-corrected chi connectivity index (χ1v) is 10.5. The number of Topliss-reactive ketones (excluding diaryl/α,β-unsaturated/α-hetero) is 1. The SMILES string of the molecule is CCC(=Nc1c(C(=O)C(C)(C)C)c[nH]c1C)c1cccc(CN2CCC(O)C2)c1. The normalized spacial score (nSPS) is 18.4. The highest BCUT2D eigenvalue weighted by atomic mass is 16.3. The van der Waals surface area contributed by atoms with Crippen molar-refractivity contribution in [2.45, 2.75) is 60.1 Å². The summed E-state index contributed by atoms with van der Waals surface area (Å²) in [4.78, 5) is 23.3. The van der Waals surface area contributed by atoms with Crippen molar-refractivity contribution in [2.75, 3.05) is 13.1 Å². The lowest BCUT2D eigenvalue weighted by molar-refractivity contribution is 0.0859. The fraction of sp³-hybridized carbons (Fsp3) is 0.500. The first-order valence-electron chi connectivity index (χ1n) is 10.5. The highest BCUT2D eigenvalue weighted by Gasteiger charge is 2.27. The van der Waals surface area contributed by atoms with Crippen LogP contribution in [0.15, 0.2) is 35.5 Å². The number of aliphatic hydroxyl groups is 1. The number of aromatic amines is 1. The molecule has 1 aliphatic rings. The van der Waals surface area contributed by atoms with Crippen molar-refractivity contribution in [1.82, 2.24) is 9.88 Å². The number of aliphatic hydroxyl groups excluding tert-OH is 1. The predicted octanol–water partition coefficient (Wildman–Crippen LogP) is 4.65. The molecule has 0 bridgehead atoms. The number of nitrogens with zero attached hydrogens (tertiary/aromatic N) is 2. The maximum Gasteiger partial charge on any atom is 0.171 e. The summed E-state index contributed by atoms with van der Waals surface area (Å²) in [5, 5.41) is 9.76. The number of aryl methyl sites for hydroxylation is 1. The number of benzene rings is 1. The van der Waals surface area contributed by atoms with Gasteiger partial charge in [0.2, 0.25) is 0 Å². The molecule has 1 aromatic carbocycles. The molecule has 1 saturated heterocycles. The van der Waals surface area contributed by atoms with Gasteiger partial charge in [-0.2, -0.15) is 0 Å². The van der Waals surface area contributed by atoms with Crippen molar-refractivity contribution in [2.24, 2.45) is 10.4 Å². The number of aliphatic imine (C=N–C) groups is 1. The third kappa shape index (κ3) is 5.03. The van der Waals surface area contributed by atoms with Crippen molar-refractivity contribution in [3.05, 3.63) is 52.8 Å². The molecule has 1 atom stereocenters. The van der Waals surface area contributed by atoms with Gasteiger partial charge in [0.15, 0.2) is 5.78 Å². The number of β-amino-alcohol motifs (C(OH)–C–C–N with tert-alkyl or cyclic N) is 1. The maximum atomic E-state index is 12.9. The quantitative estimate of drug-likeness (QED) is 0.553. The second kappa shape index (κ2) is 8.64. The molecule has 1 unspecified atom stereocenters. The summed E-state index contributed by atoms with van der Waals surface area (Å²) in [5.74, 6) is 0.0948. The van der Waals surface area contributed by atoms with Crippen LogP contribution in [0.25, 0.3) is 0 Å². The Morgan fingerprint density at radius 3 is 2.72 bits per heavy atom. The van der Waals surface area contributed by atoms with E-state index in [1.54, 1.807) is 6.20 Å². The van der Waals surface area contributed by atoms with Gasteiger partial charge in [-0.15, -0.1) is 0 Å². The summed E-state index contributed by atoms with van der Waals surface area (Å²) in [7, 11) is 0. The number of ketones is 1. The third-order valence-electron chi connectivity index (χ3n) is 5.46. The average Bonchev–Trinajstić information content (AvgIpc) is 3.23. The number of likely N-dealkylation sites (tertiary alicyclic amines) is 1. The van der Waals surface area contributed by atoms with Crippen molar-refractivity contribution >= 4 is 17.2 Å². The van der Waals surface area contributed by atoms with Gasteiger partial charge in [0.25, 0.3) is 0 Å². The molecule has 5 nitrogen and oxygen atoms in total. The number of carbonyl (C=O) groups is 1. The molecule has 0 spiro atoms. The van der Waals surface area contributed by atoms with Crippen LogP contribution in [0.4, 0.5) is 5.69 Å².